The summed E-state index contributed by atoms with van der Waals surface area (Å²) < 4.78 is 63.0. The molecule has 1 atom stereocenters. The number of halogens is 4. The zero-order valence-corrected chi connectivity index (χ0v) is 16.4. The number of nitrogens with one attached hydrogen (secondary N) is 2. The Bertz CT molecular complexity index is 1250. The summed E-state index contributed by atoms with van der Waals surface area (Å²) in [7, 11) is 1.27. The van der Waals surface area contributed by atoms with Gasteiger partial charge in [0.1, 0.15) is 6.61 Å². The van der Waals surface area contributed by atoms with Crippen molar-refractivity contribution in [1.82, 2.24) is 9.99 Å². The highest BCUT2D eigenvalue weighted by atomic mass is 19.2. The molecule has 11 heteroatoms. The number of aromatic nitrogens is 1. The van der Waals surface area contributed by atoms with Crippen LogP contribution in [0.25, 0.3) is 0 Å². The first-order valence-corrected chi connectivity index (χ1v) is 9.25. The quantitative estimate of drug-likeness (QED) is 0.535. The zero-order chi connectivity index (χ0) is 23.2. The SMILES string of the molecule is CNC(=O)c1c(O)c(=O)ccn1NC1c2ccc(F)c(F)c2COc2c1ccc(F)c2F. The van der Waals surface area contributed by atoms with Gasteiger partial charge in [-0.1, -0.05) is 6.07 Å². The van der Waals surface area contributed by atoms with Gasteiger partial charge in [0.05, 0.1) is 6.04 Å². The van der Waals surface area contributed by atoms with E-state index >= 15 is 0 Å². The van der Waals surface area contributed by atoms with E-state index in [-0.39, 0.29) is 16.7 Å². The maximum atomic E-state index is 14.6. The highest BCUT2D eigenvalue weighted by molar-refractivity contribution is 5.95. The largest absolute Gasteiger partial charge is 0.502 e. The van der Waals surface area contributed by atoms with Crippen LogP contribution in [0, 0.1) is 23.3 Å². The summed E-state index contributed by atoms with van der Waals surface area (Å²) in [5, 5.41) is 12.4. The predicted octanol–water partition coefficient (Wildman–Crippen LogP) is 2.70. The molecule has 32 heavy (non-hydrogen) atoms. The number of amides is 1. The van der Waals surface area contributed by atoms with Crippen molar-refractivity contribution in [1.29, 1.82) is 0 Å². The van der Waals surface area contributed by atoms with Crippen molar-refractivity contribution in [2.75, 3.05) is 12.5 Å². The molecule has 3 N–H and O–H groups in total. The Labute approximate surface area is 177 Å². The molecule has 1 aromatic heterocycles. The molecule has 1 aliphatic heterocycles. The number of benzene rings is 2. The van der Waals surface area contributed by atoms with Crippen LogP contribution >= 0.6 is 0 Å². The number of nitrogens with zero attached hydrogens (tertiary/aromatic N) is 1. The maximum Gasteiger partial charge on any atom is 0.273 e. The molecule has 3 aromatic rings. The van der Waals surface area contributed by atoms with Crippen molar-refractivity contribution in [3.63, 3.8) is 0 Å². The average Bonchev–Trinajstić information content (AvgIpc) is 2.93. The number of carbonyl (C=O) groups is 1. The van der Waals surface area contributed by atoms with Crippen LogP contribution in [0.3, 0.4) is 0 Å². The Morgan fingerprint density at radius 1 is 1.06 bits per heavy atom. The molecule has 166 valence electrons. The number of pyridine rings is 1. The van der Waals surface area contributed by atoms with E-state index in [1.54, 1.807) is 0 Å². The highest BCUT2D eigenvalue weighted by Crippen LogP contribution is 2.40. The van der Waals surface area contributed by atoms with Crippen molar-refractivity contribution in [3.8, 4) is 11.5 Å². The molecule has 0 aliphatic carbocycles. The molecule has 1 amide bonds. The number of ether oxygens (including phenoxy) is 1. The Morgan fingerprint density at radius 2 is 1.72 bits per heavy atom. The zero-order valence-electron chi connectivity index (χ0n) is 16.4. The minimum absolute atomic E-state index is 0.00899. The van der Waals surface area contributed by atoms with Crippen LogP contribution in [-0.2, 0) is 6.61 Å². The van der Waals surface area contributed by atoms with Crippen molar-refractivity contribution >= 4 is 5.91 Å². The van der Waals surface area contributed by atoms with Crippen molar-refractivity contribution in [3.05, 3.63) is 92.4 Å². The molecule has 7 nitrogen and oxygen atoms in total. The molecule has 0 fully saturated rings. The molecule has 1 aliphatic rings. The molecule has 2 heterocycles. The third-order valence-corrected chi connectivity index (χ3v) is 5.08. The monoisotopic (exact) mass is 449 g/mol. The molecule has 0 spiro atoms. The second-order valence-corrected chi connectivity index (χ2v) is 6.89. The molecular formula is C21H15F4N3O4. The fourth-order valence-corrected chi connectivity index (χ4v) is 3.51. The summed E-state index contributed by atoms with van der Waals surface area (Å²) in [6.45, 7) is -0.595. The van der Waals surface area contributed by atoms with Gasteiger partial charge in [-0.25, -0.2) is 13.2 Å². The van der Waals surface area contributed by atoms with Gasteiger partial charge in [0.25, 0.3) is 5.91 Å². The maximum absolute atomic E-state index is 14.6. The molecule has 0 bridgehead atoms. The van der Waals surface area contributed by atoms with Gasteiger partial charge in [-0.05, 0) is 23.8 Å². The van der Waals surface area contributed by atoms with E-state index in [2.05, 4.69) is 10.7 Å². The first-order valence-electron chi connectivity index (χ1n) is 9.25. The first-order chi connectivity index (χ1) is 15.2. The van der Waals surface area contributed by atoms with Gasteiger partial charge >= 0.3 is 0 Å². The Balaban J connectivity index is 1.96. The normalized spacial score (nSPS) is 14.6. The highest BCUT2D eigenvalue weighted by Gasteiger charge is 2.32. The van der Waals surface area contributed by atoms with Gasteiger partial charge in [-0.3, -0.25) is 14.3 Å². The van der Waals surface area contributed by atoms with E-state index in [0.717, 1.165) is 29.1 Å². The fraction of sp³-hybridized carbons (Fsp3) is 0.143. The van der Waals surface area contributed by atoms with E-state index in [0.29, 0.717) is 0 Å². The number of rotatable bonds is 3. The molecule has 0 saturated carbocycles. The Hall–Kier alpha value is -4.02. The molecular weight excluding hydrogens is 434 g/mol. The summed E-state index contributed by atoms with van der Waals surface area (Å²) in [5.41, 5.74) is 1.31. The van der Waals surface area contributed by atoms with Gasteiger partial charge in [-0.2, -0.15) is 4.39 Å². The topological polar surface area (TPSA) is 92.6 Å². The summed E-state index contributed by atoms with van der Waals surface area (Å²) in [4.78, 5) is 24.1. The Kier molecular flexibility index (Phi) is 5.25. The van der Waals surface area contributed by atoms with Gasteiger partial charge in [-0.15, -0.1) is 0 Å². The summed E-state index contributed by atoms with van der Waals surface area (Å²) in [6, 6.07) is 3.87. The van der Waals surface area contributed by atoms with Crippen LogP contribution in [0.15, 0.2) is 41.3 Å². The molecule has 0 radical (unpaired) electrons. The first kappa shape index (κ1) is 21.2. The van der Waals surface area contributed by atoms with Crippen LogP contribution in [0.2, 0.25) is 0 Å². The third-order valence-electron chi connectivity index (χ3n) is 5.08. The number of aromatic hydroxyl groups is 1. The van der Waals surface area contributed by atoms with E-state index in [1.807, 2.05) is 0 Å². The molecule has 0 saturated heterocycles. The van der Waals surface area contributed by atoms with Crippen LogP contribution in [-0.4, -0.2) is 22.7 Å². The third kappa shape index (κ3) is 3.31. The molecule has 2 aromatic carbocycles. The van der Waals surface area contributed by atoms with Crippen LogP contribution in [0.1, 0.15) is 33.2 Å². The second-order valence-electron chi connectivity index (χ2n) is 6.89. The lowest BCUT2D eigenvalue weighted by molar-refractivity contribution is 0.0950. The lowest BCUT2D eigenvalue weighted by atomic mass is 9.95. The summed E-state index contributed by atoms with van der Waals surface area (Å²) in [5.74, 6) is -7.21. The van der Waals surface area contributed by atoms with Crippen molar-refractivity contribution < 1.29 is 32.2 Å². The van der Waals surface area contributed by atoms with E-state index in [9.17, 15) is 32.3 Å². The number of hydrogen-bond acceptors (Lipinski definition) is 5. The number of carbonyl (C=O) groups excluding carboxylic acids is 1. The molecule has 4 rings (SSSR count). The smallest absolute Gasteiger partial charge is 0.273 e. The van der Waals surface area contributed by atoms with Gasteiger partial charge < -0.3 is 20.6 Å². The van der Waals surface area contributed by atoms with E-state index < -0.39 is 64.4 Å². The molecule has 1 unspecified atom stereocenters. The lowest BCUT2D eigenvalue weighted by Gasteiger charge is -2.25. The minimum Gasteiger partial charge on any atom is -0.502 e. The number of hydrogen-bond donors (Lipinski definition) is 3. The van der Waals surface area contributed by atoms with Crippen LogP contribution in [0.5, 0.6) is 11.5 Å². The standard InChI is InChI=1S/C21H15F4N3O4/c1-26-21(31)18-19(30)14(29)6-7-28(18)27-17-9-2-4-12(22)15(24)11(9)8-32-20-10(17)3-5-13(23)16(20)25/h2-7,17,27,30H,8H2,1H3,(H,26,31). The van der Waals surface area contributed by atoms with Gasteiger partial charge in [0.2, 0.25) is 11.2 Å². The minimum atomic E-state index is -1.34. The van der Waals surface area contributed by atoms with Gasteiger partial charge in [0.15, 0.2) is 34.6 Å². The van der Waals surface area contributed by atoms with Gasteiger partial charge in [0, 0.05) is 30.4 Å². The predicted molar refractivity (Wildman–Crippen MR) is 104 cm³/mol. The van der Waals surface area contributed by atoms with Crippen molar-refractivity contribution in [2.24, 2.45) is 0 Å². The average molecular weight is 449 g/mol. The van der Waals surface area contributed by atoms with Crippen LogP contribution < -0.4 is 20.9 Å². The number of fused-ring (bicyclic) bond motifs is 2. The Morgan fingerprint density at radius 3 is 2.41 bits per heavy atom. The second kappa shape index (κ2) is 7.91. The van der Waals surface area contributed by atoms with E-state index in [1.165, 1.54) is 19.2 Å². The van der Waals surface area contributed by atoms with Crippen molar-refractivity contribution in [2.45, 2.75) is 12.6 Å². The lowest BCUT2D eigenvalue weighted by Crippen LogP contribution is -2.32. The summed E-state index contributed by atoms with van der Waals surface area (Å²) >= 11 is 0. The summed E-state index contributed by atoms with van der Waals surface area (Å²) in [6.07, 6.45) is 1.12. The van der Waals surface area contributed by atoms with Crippen LogP contribution in [0.4, 0.5) is 17.6 Å². The fourth-order valence-electron chi connectivity index (χ4n) is 3.51. The van der Waals surface area contributed by atoms with E-state index in [4.69, 9.17) is 4.74 Å².